The molecule has 0 spiro atoms. The lowest BCUT2D eigenvalue weighted by Gasteiger charge is -2.35. The molecule has 0 unspecified atom stereocenters. The van der Waals surface area contributed by atoms with Crippen LogP contribution in [0.2, 0.25) is 0 Å². The first kappa shape index (κ1) is 18.0. The van der Waals surface area contributed by atoms with Gasteiger partial charge in [0.05, 0.1) is 6.61 Å². The molecule has 4 nitrogen and oxygen atoms in total. The van der Waals surface area contributed by atoms with Crippen molar-refractivity contribution in [1.82, 2.24) is 10.2 Å². The fourth-order valence-electron chi connectivity index (χ4n) is 3.02. The van der Waals surface area contributed by atoms with E-state index in [1.54, 1.807) is 0 Å². The van der Waals surface area contributed by atoms with Gasteiger partial charge in [-0.25, -0.2) is 0 Å². The molecule has 0 bridgehead atoms. The first-order valence-corrected chi connectivity index (χ1v) is 8.73. The molecule has 0 aromatic heterocycles. The molecule has 1 N–H and O–H groups in total. The van der Waals surface area contributed by atoms with Gasteiger partial charge in [-0.05, 0) is 44.7 Å². The van der Waals surface area contributed by atoms with E-state index in [0.29, 0.717) is 19.2 Å². The Hall–Kier alpha value is -1.39. The van der Waals surface area contributed by atoms with Crippen LogP contribution in [-0.2, 0) is 16.1 Å². The van der Waals surface area contributed by atoms with Crippen LogP contribution in [0.5, 0.6) is 0 Å². The number of nitrogens with zero attached hydrogens (tertiary/aromatic N) is 1. The molecule has 128 valence electrons. The molecule has 3 atom stereocenters. The number of hydrogen-bond acceptors (Lipinski definition) is 3. The second kappa shape index (κ2) is 9.04. The third-order valence-corrected chi connectivity index (χ3v) is 4.60. The van der Waals surface area contributed by atoms with Crippen molar-refractivity contribution in [2.24, 2.45) is 5.92 Å². The van der Waals surface area contributed by atoms with Gasteiger partial charge in [0.1, 0.15) is 6.10 Å². The van der Waals surface area contributed by atoms with Gasteiger partial charge in [-0.3, -0.25) is 9.69 Å². The Bertz CT molecular complexity index is 478. The lowest BCUT2D eigenvalue weighted by Crippen LogP contribution is -2.47. The maximum atomic E-state index is 12.2. The third-order valence-electron chi connectivity index (χ3n) is 4.60. The predicted molar refractivity (Wildman–Crippen MR) is 93.1 cm³/mol. The number of rotatable bonds is 7. The van der Waals surface area contributed by atoms with Crippen molar-refractivity contribution < 1.29 is 9.53 Å². The highest BCUT2D eigenvalue weighted by molar-refractivity contribution is 5.80. The topological polar surface area (TPSA) is 41.6 Å². The molecular formula is C19H30N2O2. The molecule has 0 saturated carbocycles. The average Bonchev–Trinajstić information content (AvgIpc) is 2.58. The minimum Gasteiger partial charge on any atom is -0.364 e. The van der Waals surface area contributed by atoms with E-state index in [4.69, 9.17) is 4.74 Å². The summed E-state index contributed by atoms with van der Waals surface area (Å²) in [5.74, 6) is 0.730. The summed E-state index contributed by atoms with van der Waals surface area (Å²) in [5, 5.41) is 3.02. The van der Waals surface area contributed by atoms with E-state index < -0.39 is 6.10 Å². The van der Waals surface area contributed by atoms with Gasteiger partial charge in [0.15, 0.2) is 0 Å². The van der Waals surface area contributed by atoms with Crippen LogP contribution in [0.4, 0.5) is 0 Å². The van der Waals surface area contributed by atoms with Crippen molar-refractivity contribution in [3.8, 4) is 0 Å². The Morgan fingerprint density at radius 1 is 1.35 bits per heavy atom. The van der Waals surface area contributed by atoms with Crippen molar-refractivity contribution in [3.05, 3.63) is 35.9 Å². The Labute approximate surface area is 140 Å². The molecule has 2 rings (SSSR count). The van der Waals surface area contributed by atoms with Gasteiger partial charge in [-0.15, -0.1) is 0 Å². The first-order chi connectivity index (χ1) is 11.1. The zero-order chi connectivity index (χ0) is 16.7. The number of piperidine rings is 1. The van der Waals surface area contributed by atoms with Crippen LogP contribution in [0.3, 0.4) is 0 Å². The lowest BCUT2D eigenvalue weighted by atomic mass is 9.99. The maximum Gasteiger partial charge on any atom is 0.248 e. The van der Waals surface area contributed by atoms with Crippen LogP contribution < -0.4 is 5.32 Å². The van der Waals surface area contributed by atoms with Gasteiger partial charge in [0, 0.05) is 19.1 Å². The quantitative estimate of drug-likeness (QED) is 0.840. The molecule has 1 amide bonds. The molecule has 0 aliphatic carbocycles. The van der Waals surface area contributed by atoms with Gasteiger partial charge < -0.3 is 10.1 Å². The normalized spacial score (nSPS) is 21.6. The number of nitrogens with one attached hydrogen (secondary N) is 1. The fourth-order valence-corrected chi connectivity index (χ4v) is 3.02. The van der Waals surface area contributed by atoms with Crippen molar-refractivity contribution >= 4 is 5.91 Å². The van der Waals surface area contributed by atoms with Crippen molar-refractivity contribution in [2.45, 2.75) is 52.4 Å². The molecule has 23 heavy (non-hydrogen) atoms. The van der Waals surface area contributed by atoms with Gasteiger partial charge in [0.25, 0.3) is 0 Å². The van der Waals surface area contributed by atoms with Crippen LogP contribution >= 0.6 is 0 Å². The van der Waals surface area contributed by atoms with Gasteiger partial charge in [-0.1, -0.05) is 37.3 Å². The number of benzene rings is 1. The van der Waals surface area contributed by atoms with E-state index in [1.807, 2.05) is 37.3 Å². The summed E-state index contributed by atoms with van der Waals surface area (Å²) in [7, 11) is 0. The second-order valence-corrected chi connectivity index (χ2v) is 6.78. The second-order valence-electron chi connectivity index (χ2n) is 6.78. The molecule has 1 heterocycles. The minimum atomic E-state index is -0.428. The number of hydrogen-bond donors (Lipinski definition) is 1. The molecule has 1 aromatic carbocycles. The van der Waals surface area contributed by atoms with Crippen molar-refractivity contribution in [3.63, 3.8) is 0 Å². The monoisotopic (exact) mass is 318 g/mol. The Kier molecular flexibility index (Phi) is 7.06. The SMILES string of the molecule is C[C@@H]1CCCN([C@@H](C)CNC(=O)[C@H](C)OCc2ccccc2)C1. The molecule has 1 saturated heterocycles. The summed E-state index contributed by atoms with van der Waals surface area (Å²) < 4.78 is 5.66. The Balaban J connectivity index is 1.69. The molecule has 4 heteroatoms. The van der Waals surface area contributed by atoms with E-state index in [1.165, 1.54) is 12.8 Å². The molecule has 1 aliphatic rings. The number of carbonyl (C=O) groups excluding carboxylic acids is 1. The molecule has 1 aromatic rings. The van der Waals surface area contributed by atoms with Crippen LogP contribution in [0.15, 0.2) is 30.3 Å². The number of carbonyl (C=O) groups is 1. The van der Waals surface area contributed by atoms with E-state index in [0.717, 1.165) is 24.6 Å². The van der Waals surface area contributed by atoms with Gasteiger partial charge in [0.2, 0.25) is 5.91 Å². The molecule has 0 radical (unpaired) electrons. The van der Waals surface area contributed by atoms with Crippen LogP contribution in [-0.4, -0.2) is 42.6 Å². The van der Waals surface area contributed by atoms with E-state index in [2.05, 4.69) is 24.1 Å². The first-order valence-electron chi connectivity index (χ1n) is 8.73. The zero-order valence-electron chi connectivity index (χ0n) is 14.6. The average molecular weight is 318 g/mol. The molecular weight excluding hydrogens is 288 g/mol. The van der Waals surface area contributed by atoms with Crippen LogP contribution in [0, 0.1) is 5.92 Å². The van der Waals surface area contributed by atoms with Crippen LogP contribution in [0.25, 0.3) is 0 Å². The fraction of sp³-hybridized carbons (Fsp3) is 0.632. The van der Waals surface area contributed by atoms with Gasteiger partial charge in [-0.2, -0.15) is 0 Å². The van der Waals surface area contributed by atoms with Crippen molar-refractivity contribution in [2.75, 3.05) is 19.6 Å². The summed E-state index contributed by atoms with van der Waals surface area (Å²) in [4.78, 5) is 14.6. The summed E-state index contributed by atoms with van der Waals surface area (Å²) in [5.41, 5.74) is 1.09. The smallest absolute Gasteiger partial charge is 0.248 e. The Morgan fingerprint density at radius 2 is 2.09 bits per heavy atom. The van der Waals surface area contributed by atoms with E-state index in [-0.39, 0.29) is 5.91 Å². The standard InChI is InChI=1S/C19H30N2O2/c1-15-8-7-11-21(13-15)16(2)12-20-19(22)17(3)23-14-18-9-5-4-6-10-18/h4-6,9-10,15-17H,7-8,11-14H2,1-3H3,(H,20,22)/t15-,16+,17+/m1/s1. The minimum absolute atomic E-state index is 0.0298. The van der Waals surface area contributed by atoms with Gasteiger partial charge >= 0.3 is 0 Å². The van der Waals surface area contributed by atoms with E-state index in [9.17, 15) is 4.79 Å². The number of likely N-dealkylation sites (tertiary alicyclic amines) is 1. The number of ether oxygens (including phenoxy) is 1. The molecule has 1 fully saturated rings. The Morgan fingerprint density at radius 3 is 2.78 bits per heavy atom. The highest BCUT2D eigenvalue weighted by atomic mass is 16.5. The summed E-state index contributed by atoms with van der Waals surface area (Å²) in [6.45, 7) is 9.73. The highest BCUT2D eigenvalue weighted by Crippen LogP contribution is 2.17. The largest absolute Gasteiger partial charge is 0.364 e. The number of amides is 1. The predicted octanol–water partition coefficient (Wildman–Crippen LogP) is 2.83. The molecule has 1 aliphatic heterocycles. The highest BCUT2D eigenvalue weighted by Gasteiger charge is 2.22. The van der Waals surface area contributed by atoms with Crippen LogP contribution in [0.1, 0.15) is 39.2 Å². The lowest BCUT2D eigenvalue weighted by molar-refractivity contribution is -0.132. The summed E-state index contributed by atoms with van der Waals surface area (Å²) >= 11 is 0. The summed E-state index contributed by atoms with van der Waals surface area (Å²) in [6.07, 6.45) is 2.15. The summed E-state index contributed by atoms with van der Waals surface area (Å²) in [6, 6.07) is 10.3. The van der Waals surface area contributed by atoms with Crippen molar-refractivity contribution in [1.29, 1.82) is 0 Å². The third kappa shape index (κ3) is 5.96. The zero-order valence-corrected chi connectivity index (χ0v) is 14.6. The van der Waals surface area contributed by atoms with E-state index >= 15 is 0 Å². The maximum absolute atomic E-state index is 12.2.